The first-order valence-electron chi connectivity index (χ1n) is 8.01. The number of rotatable bonds is 3. The Labute approximate surface area is 108 Å². The summed E-state index contributed by atoms with van der Waals surface area (Å²) in [5.74, 6) is 1.90. The Kier molecular flexibility index (Phi) is 5.34. The maximum absolute atomic E-state index is 3.95. The summed E-state index contributed by atoms with van der Waals surface area (Å²) in [5.41, 5.74) is 0. The largest absolute Gasteiger partial charge is 0.311 e. The van der Waals surface area contributed by atoms with E-state index < -0.39 is 0 Å². The van der Waals surface area contributed by atoms with Crippen LogP contribution in [0.3, 0.4) is 0 Å². The molecule has 1 N–H and O–H groups in total. The average Bonchev–Trinajstić information content (AvgIpc) is 2.57. The van der Waals surface area contributed by atoms with Crippen molar-refractivity contribution in [3.05, 3.63) is 0 Å². The summed E-state index contributed by atoms with van der Waals surface area (Å²) in [6.07, 6.45) is 14.6. The maximum atomic E-state index is 3.95. The van der Waals surface area contributed by atoms with Crippen molar-refractivity contribution in [2.75, 3.05) is 0 Å². The van der Waals surface area contributed by atoms with E-state index >= 15 is 0 Å². The van der Waals surface area contributed by atoms with Crippen LogP contribution in [0.25, 0.3) is 0 Å². The molecule has 0 aromatic carbocycles. The zero-order valence-corrected chi connectivity index (χ0v) is 11.9. The average molecular weight is 237 g/mol. The summed E-state index contributed by atoms with van der Waals surface area (Å²) >= 11 is 0. The van der Waals surface area contributed by atoms with Crippen molar-refractivity contribution in [1.82, 2.24) is 5.32 Å². The van der Waals surface area contributed by atoms with Gasteiger partial charge in [0, 0.05) is 12.1 Å². The molecule has 0 amide bonds. The van der Waals surface area contributed by atoms with Crippen LogP contribution >= 0.6 is 0 Å². The zero-order valence-electron chi connectivity index (χ0n) is 11.9. The van der Waals surface area contributed by atoms with Gasteiger partial charge in [-0.3, -0.25) is 0 Å². The molecule has 2 rings (SSSR count). The zero-order chi connectivity index (χ0) is 12.1. The lowest BCUT2D eigenvalue weighted by atomic mass is 9.85. The first-order chi connectivity index (χ1) is 8.25. The van der Waals surface area contributed by atoms with Crippen LogP contribution in [-0.4, -0.2) is 12.1 Å². The lowest BCUT2D eigenvalue weighted by Crippen LogP contribution is -2.43. The van der Waals surface area contributed by atoms with Gasteiger partial charge in [0.15, 0.2) is 0 Å². The van der Waals surface area contributed by atoms with Gasteiger partial charge in [0.2, 0.25) is 0 Å². The molecule has 1 nitrogen and oxygen atoms in total. The minimum absolute atomic E-state index is 0.753. The Morgan fingerprint density at radius 1 is 0.882 bits per heavy atom. The Hall–Kier alpha value is -0.0400. The lowest BCUT2D eigenvalue weighted by molar-refractivity contribution is 0.244. The predicted molar refractivity (Wildman–Crippen MR) is 75.2 cm³/mol. The molecular weight excluding hydrogens is 206 g/mol. The molecule has 2 saturated carbocycles. The molecule has 0 bridgehead atoms. The van der Waals surface area contributed by atoms with E-state index in [4.69, 9.17) is 0 Å². The summed E-state index contributed by atoms with van der Waals surface area (Å²) in [5, 5.41) is 3.95. The first kappa shape index (κ1) is 13.4. The first-order valence-corrected chi connectivity index (χ1v) is 8.01. The van der Waals surface area contributed by atoms with Crippen LogP contribution in [0.2, 0.25) is 0 Å². The topological polar surface area (TPSA) is 12.0 Å². The van der Waals surface area contributed by atoms with Crippen molar-refractivity contribution in [2.45, 2.75) is 90.1 Å². The van der Waals surface area contributed by atoms with Crippen LogP contribution in [-0.2, 0) is 0 Å². The van der Waals surface area contributed by atoms with Gasteiger partial charge in [-0.05, 0) is 44.4 Å². The molecule has 0 spiro atoms. The second-order valence-electron chi connectivity index (χ2n) is 6.68. The molecule has 0 aromatic heterocycles. The van der Waals surface area contributed by atoms with Gasteiger partial charge in [0.1, 0.15) is 0 Å². The van der Waals surface area contributed by atoms with Crippen molar-refractivity contribution in [1.29, 1.82) is 0 Å². The molecule has 0 aliphatic heterocycles. The van der Waals surface area contributed by atoms with Crippen LogP contribution in [0.15, 0.2) is 0 Å². The molecule has 0 aromatic rings. The van der Waals surface area contributed by atoms with E-state index in [1.807, 2.05) is 0 Å². The summed E-state index contributed by atoms with van der Waals surface area (Å²) in [4.78, 5) is 0. The minimum Gasteiger partial charge on any atom is -0.311 e. The Balaban J connectivity index is 1.76. The second-order valence-corrected chi connectivity index (χ2v) is 6.68. The van der Waals surface area contributed by atoms with Crippen LogP contribution < -0.4 is 5.32 Å². The summed E-state index contributed by atoms with van der Waals surface area (Å²) in [7, 11) is 0. The molecule has 3 atom stereocenters. The van der Waals surface area contributed by atoms with Crippen LogP contribution in [0.4, 0.5) is 0 Å². The fourth-order valence-corrected chi connectivity index (χ4v) is 3.90. The summed E-state index contributed by atoms with van der Waals surface area (Å²) in [6, 6.07) is 1.57. The van der Waals surface area contributed by atoms with E-state index in [9.17, 15) is 0 Å². The van der Waals surface area contributed by atoms with Crippen molar-refractivity contribution >= 4 is 0 Å². The van der Waals surface area contributed by atoms with E-state index in [1.165, 1.54) is 64.2 Å². The summed E-state index contributed by atoms with van der Waals surface area (Å²) in [6.45, 7) is 4.86. The van der Waals surface area contributed by atoms with Gasteiger partial charge >= 0.3 is 0 Å². The number of hydrogen-bond donors (Lipinski definition) is 1. The predicted octanol–water partition coefficient (Wildman–Crippen LogP) is 4.51. The fraction of sp³-hybridized carbons (Fsp3) is 1.00. The highest BCUT2D eigenvalue weighted by molar-refractivity contribution is 4.82. The third-order valence-electron chi connectivity index (χ3n) is 5.04. The van der Waals surface area contributed by atoms with Crippen molar-refractivity contribution in [3.63, 3.8) is 0 Å². The lowest BCUT2D eigenvalue weighted by Gasteiger charge is -2.33. The van der Waals surface area contributed by atoms with Gasteiger partial charge in [-0.2, -0.15) is 0 Å². The van der Waals surface area contributed by atoms with Gasteiger partial charge in [-0.1, -0.05) is 45.4 Å². The SMILES string of the molecule is CC1CCCC(N[C@H](C)C2CCCCCC2)C1. The minimum atomic E-state index is 0.753. The van der Waals surface area contributed by atoms with E-state index in [-0.39, 0.29) is 0 Å². The summed E-state index contributed by atoms with van der Waals surface area (Å²) < 4.78 is 0. The van der Waals surface area contributed by atoms with E-state index in [1.54, 1.807) is 0 Å². The normalized spacial score (nSPS) is 34.2. The van der Waals surface area contributed by atoms with Crippen molar-refractivity contribution in [2.24, 2.45) is 11.8 Å². The smallest absolute Gasteiger partial charge is 0.00721 e. The van der Waals surface area contributed by atoms with Gasteiger partial charge in [-0.25, -0.2) is 0 Å². The highest BCUT2D eigenvalue weighted by atomic mass is 15.0. The van der Waals surface area contributed by atoms with E-state index in [0.29, 0.717) is 0 Å². The fourth-order valence-electron chi connectivity index (χ4n) is 3.90. The molecule has 17 heavy (non-hydrogen) atoms. The second kappa shape index (κ2) is 6.78. The molecule has 0 radical (unpaired) electrons. The quantitative estimate of drug-likeness (QED) is 0.712. The number of hydrogen-bond acceptors (Lipinski definition) is 1. The highest BCUT2D eigenvalue weighted by Gasteiger charge is 2.24. The molecule has 2 fully saturated rings. The molecule has 2 aliphatic rings. The standard InChI is InChI=1S/C16H31N/c1-13-8-7-11-16(12-13)17-14(2)15-9-5-3-4-6-10-15/h13-17H,3-12H2,1-2H3/t13?,14-,16?/m1/s1. The molecular formula is C16H31N. The number of nitrogens with one attached hydrogen (secondary N) is 1. The highest BCUT2D eigenvalue weighted by Crippen LogP contribution is 2.28. The molecule has 2 aliphatic carbocycles. The van der Waals surface area contributed by atoms with Crippen LogP contribution in [0.1, 0.15) is 78.1 Å². The van der Waals surface area contributed by atoms with Gasteiger partial charge < -0.3 is 5.32 Å². The molecule has 2 unspecified atom stereocenters. The van der Waals surface area contributed by atoms with E-state index in [0.717, 1.165) is 23.9 Å². The Bertz CT molecular complexity index is 206. The molecule has 0 saturated heterocycles. The third kappa shape index (κ3) is 4.28. The third-order valence-corrected chi connectivity index (χ3v) is 5.04. The molecule has 1 heteroatoms. The monoisotopic (exact) mass is 237 g/mol. The van der Waals surface area contributed by atoms with Gasteiger partial charge in [0.05, 0.1) is 0 Å². The Morgan fingerprint density at radius 3 is 2.24 bits per heavy atom. The van der Waals surface area contributed by atoms with Gasteiger partial charge in [0.25, 0.3) is 0 Å². The Morgan fingerprint density at radius 2 is 1.59 bits per heavy atom. The molecule has 0 heterocycles. The molecule has 100 valence electrons. The van der Waals surface area contributed by atoms with Crippen LogP contribution in [0, 0.1) is 11.8 Å². The van der Waals surface area contributed by atoms with Crippen molar-refractivity contribution in [3.8, 4) is 0 Å². The van der Waals surface area contributed by atoms with Crippen LogP contribution in [0.5, 0.6) is 0 Å². The van der Waals surface area contributed by atoms with E-state index in [2.05, 4.69) is 19.2 Å². The van der Waals surface area contributed by atoms with Crippen molar-refractivity contribution < 1.29 is 0 Å². The van der Waals surface area contributed by atoms with Gasteiger partial charge in [-0.15, -0.1) is 0 Å². The maximum Gasteiger partial charge on any atom is 0.00721 e.